The van der Waals surface area contributed by atoms with Crippen molar-refractivity contribution in [2.24, 2.45) is 0 Å². The molecule has 4 rings (SSSR count). The molecule has 0 saturated carbocycles. The van der Waals surface area contributed by atoms with Crippen LogP contribution < -0.4 is 10.1 Å². The third kappa shape index (κ3) is 4.50. The van der Waals surface area contributed by atoms with Crippen LogP contribution in [0.1, 0.15) is 11.3 Å². The highest BCUT2D eigenvalue weighted by Gasteiger charge is 2.32. The number of thioether (sulfide) groups is 1. The van der Waals surface area contributed by atoms with Crippen LogP contribution in [0.5, 0.6) is 5.75 Å². The second-order valence-corrected chi connectivity index (χ2v) is 9.69. The van der Waals surface area contributed by atoms with Gasteiger partial charge in [0.05, 0.1) is 22.2 Å². The van der Waals surface area contributed by atoms with Gasteiger partial charge < -0.3 is 10.1 Å². The van der Waals surface area contributed by atoms with Gasteiger partial charge in [0, 0.05) is 17.8 Å². The number of anilines is 1. The Morgan fingerprint density at radius 2 is 2.24 bits per heavy atom. The van der Waals surface area contributed by atoms with E-state index in [0.717, 1.165) is 20.8 Å². The Labute approximate surface area is 184 Å². The number of rotatable bonds is 6. The molecule has 0 atom stereocenters. The molecule has 29 heavy (non-hydrogen) atoms. The van der Waals surface area contributed by atoms with Crippen LogP contribution in [0.3, 0.4) is 0 Å². The first-order chi connectivity index (χ1) is 14.0. The summed E-state index contributed by atoms with van der Waals surface area (Å²) in [5, 5.41) is 5.27. The van der Waals surface area contributed by atoms with Crippen LogP contribution in [0, 0.1) is 0 Å². The minimum absolute atomic E-state index is 0.137. The first-order valence-corrected chi connectivity index (χ1v) is 11.5. The summed E-state index contributed by atoms with van der Waals surface area (Å²) in [4.78, 5) is 32.4. The molecule has 148 valence electrons. The van der Waals surface area contributed by atoms with Crippen LogP contribution >= 0.6 is 46.7 Å². The van der Waals surface area contributed by atoms with Gasteiger partial charge in [-0.2, -0.15) is 0 Å². The second-order valence-electron chi connectivity index (χ2n) is 6.00. The smallest absolute Gasteiger partial charge is 0.266 e. The van der Waals surface area contributed by atoms with Crippen LogP contribution in [0.2, 0.25) is 0 Å². The van der Waals surface area contributed by atoms with Gasteiger partial charge in [-0.1, -0.05) is 41.4 Å². The van der Waals surface area contributed by atoms with E-state index in [0.29, 0.717) is 14.4 Å². The monoisotopic (exact) mass is 461 g/mol. The van der Waals surface area contributed by atoms with E-state index in [9.17, 15) is 9.59 Å². The lowest BCUT2D eigenvalue weighted by atomic mass is 10.3. The molecule has 0 aliphatic carbocycles. The number of thiazole rings is 1. The zero-order chi connectivity index (χ0) is 20.4. The Morgan fingerprint density at radius 1 is 1.38 bits per heavy atom. The number of carbonyl (C=O) groups excluding carboxylic acids is 2. The van der Waals surface area contributed by atoms with E-state index < -0.39 is 0 Å². The van der Waals surface area contributed by atoms with Crippen LogP contribution in [0.25, 0.3) is 16.3 Å². The average Bonchev–Trinajstić information content (AvgIpc) is 3.40. The number of ether oxygens (including phenoxy) is 1. The lowest BCUT2D eigenvalue weighted by molar-refractivity contribution is -0.122. The second kappa shape index (κ2) is 8.62. The van der Waals surface area contributed by atoms with Crippen molar-refractivity contribution in [1.82, 2.24) is 9.88 Å². The van der Waals surface area contributed by atoms with Crippen molar-refractivity contribution in [2.75, 3.05) is 19.0 Å². The topological polar surface area (TPSA) is 71.5 Å². The minimum atomic E-state index is -0.215. The van der Waals surface area contributed by atoms with Crippen LogP contribution in [-0.2, 0) is 9.59 Å². The molecule has 3 heterocycles. The van der Waals surface area contributed by atoms with E-state index in [4.69, 9.17) is 17.0 Å². The highest BCUT2D eigenvalue weighted by atomic mass is 32.2. The van der Waals surface area contributed by atoms with E-state index in [2.05, 4.69) is 10.3 Å². The molecule has 0 radical (unpaired) electrons. The maximum atomic E-state index is 12.6. The van der Waals surface area contributed by atoms with Gasteiger partial charge in [0.2, 0.25) is 5.91 Å². The summed E-state index contributed by atoms with van der Waals surface area (Å²) in [6.07, 6.45) is 1.97. The van der Waals surface area contributed by atoms with Gasteiger partial charge in [-0.3, -0.25) is 14.5 Å². The third-order valence-electron chi connectivity index (χ3n) is 4.09. The molecule has 10 heteroatoms. The Hall–Kier alpha value is -2.27. The number of thiocarbonyl (C=S) groups is 1. The molecule has 0 bridgehead atoms. The molecular formula is C19H15N3O3S4. The number of nitrogens with one attached hydrogen (secondary N) is 1. The quantitative estimate of drug-likeness (QED) is 0.427. The lowest BCUT2D eigenvalue weighted by Crippen LogP contribution is -2.31. The van der Waals surface area contributed by atoms with Crippen molar-refractivity contribution in [2.45, 2.75) is 6.42 Å². The molecule has 1 aromatic carbocycles. The number of methoxy groups -OCH3 is 1. The van der Waals surface area contributed by atoms with Crippen LogP contribution in [-0.4, -0.2) is 39.7 Å². The summed E-state index contributed by atoms with van der Waals surface area (Å²) < 4.78 is 6.60. The van der Waals surface area contributed by atoms with E-state index >= 15 is 0 Å². The maximum absolute atomic E-state index is 12.6. The van der Waals surface area contributed by atoms with E-state index in [-0.39, 0.29) is 24.8 Å². The van der Waals surface area contributed by atoms with Crippen molar-refractivity contribution in [1.29, 1.82) is 0 Å². The summed E-state index contributed by atoms with van der Waals surface area (Å²) in [5.41, 5.74) is 0.793. The molecule has 1 fully saturated rings. The largest absolute Gasteiger partial charge is 0.497 e. The van der Waals surface area contributed by atoms with Crippen LogP contribution in [0.15, 0.2) is 40.6 Å². The van der Waals surface area contributed by atoms with Crippen molar-refractivity contribution < 1.29 is 14.3 Å². The van der Waals surface area contributed by atoms with Gasteiger partial charge in [-0.25, -0.2) is 4.98 Å². The zero-order valence-electron chi connectivity index (χ0n) is 15.2. The third-order valence-corrected chi connectivity index (χ3v) is 7.23. The number of amides is 2. The Morgan fingerprint density at radius 3 is 3.00 bits per heavy atom. The summed E-state index contributed by atoms with van der Waals surface area (Å²) in [6, 6.07) is 9.42. The number of carbonyl (C=O) groups is 2. The zero-order valence-corrected chi connectivity index (χ0v) is 18.5. The van der Waals surface area contributed by atoms with Gasteiger partial charge >= 0.3 is 0 Å². The molecule has 1 saturated heterocycles. The molecule has 6 nitrogen and oxygen atoms in total. The van der Waals surface area contributed by atoms with Gasteiger partial charge in [-0.15, -0.1) is 11.3 Å². The SMILES string of the molecule is COc1ccc2nc(NC(=O)CCN3C(=O)/C(=C/c4cccs4)SC3=S)sc2c1. The highest BCUT2D eigenvalue weighted by molar-refractivity contribution is 8.26. The molecule has 1 N–H and O–H groups in total. The Kier molecular flexibility index (Phi) is 5.95. The van der Waals surface area contributed by atoms with Crippen molar-refractivity contribution in [3.05, 3.63) is 45.5 Å². The van der Waals surface area contributed by atoms with Gasteiger partial charge in [0.1, 0.15) is 10.1 Å². The predicted octanol–water partition coefficient (Wildman–Crippen LogP) is 4.60. The average molecular weight is 462 g/mol. The minimum Gasteiger partial charge on any atom is -0.497 e. The van der Waals surface area contributed by atoms with Gasteiger partial charge in [0.15, 0.2) is 5.13 Å². The number of thiophene rings is 1. The number of benzene rings is 1. The number of hydrogen-bond donors (Lipinski definition) is 1. The van der Waals surface area contributed by atoms with Crippen molar-refractivity contribution >= 4 is 84.2 Å². The lowest BCUT2D eigenvalue weighted by Gasteiger charge is -2.13. The number of hydrogen-bond acceptors (Lipinski definition) is 8. The molecule has 1 aliphatic rings. The van der Waals surface area contributed by atoms with Crippen molar-refractivity contribution in [3.63, 3.8) is 0 Å². The van der Waals surface area contributed by atoms with Crippen LogP contribution in [0.4, 0.5) is 5.13 Å². The molecule has 3 aromatic rings. The van der Waals surface area contributed by atoms with Crippen molar-refractivity contribution in [3.8, 4) is 5.75 Å². The predicted molar refractivity (Wildman–Crippen MR) is 124 cm³/mol. The first-order valence-electron chi connectivity index (χ1n) is 8.57. The van der Waals surface area contributed by atoms with E-state index in [1.165, 1.54) is 28.0 Å². The molecule has 2 amide bonds. The standard InChI is InChI=1S/C19H15N3O3S4/c1-25-11-4-5-13-14(9-11)28-18(20-13)21-16(23)6-7-22-17(24)15(29-19(22)26)10-12-3-2-8-27-12/h2-5,8-10H,6-7H2,1H3,(H,20,21,23)/b15-10-. The number of aromatic nitrogens is 1. The molecular weight excluding hydrogens is 446 g/mol. The summed E-state index contributed by atoms with van der Waals surface area (Å²) in [5.74, 6) is 0.365. The van der Waals surface area contributed by atoms with E-state index in [1.54, 1.807) is 18.4 Å². The summed E-state index contributed by atoms with van der Waals surface area (Å²) in [7, 11) is 1.61. The first kappa shape index (κ1) is 20.0. The van der Waals surface area contributed by atoms with Gasteiger partial charge in [-0.05, 0) is 35.7 Å². The maximum Gasteiger partial charge on any atom is 0.266 e. The fourth-order valence-corrected chi connectivity index (χ4v) is 5.62. The summed E-state index contributed by atoms with van der Waals surface area (Å²) in [6.45, 7) is 0.233. The Balaban J connectivity index is 1.37. The highest BCUT2D eigenvalue weighted by Crippen LogP contribution is 2.33. The molecule has 1 aliphatic heterocycles. The fourth-order valence-electron chi connectivity index (χ4n) is 2.68. The molecule has 0 spiro atoms. The normalized spacial score (nSPS) is 15.5. The molecule has 0 unspecified atom stereocenters. The van der Waals surface area contributed by atoms with Gasteiger partial charge in [0.25, 0.3) is 5.91 Å². The fraction of sp³-hybridized carbons (Fsp3) is 0.158. The Bertz CT molecular complexity index is 1120. The molecule has 2 aromatic heterocycles. The number of nitrogens with zero attached hydrogens (tertiary/aromatic N) is 2. The van der Waals surface area contributed by atoms with E-state index in [1.807, 2.05) is 41.8 Å². The summed E-state index contributed by atoms with van der Waals surface area (Å²) >= 11 is 9.51. The number of fused-ring (bicyclic) bond motifs is 1.